The maximum atomic E-state index is 12.3. The molecular weight excluding hydrogens is 505 g/mol. The molecule has 0 aliphatic rings. The number of aromatic amines is 1. The molecule has 0 saturated heterocycles. The van der Waals surface area contributed by atoms with Crippen LogP contribution >= 0.6 is 34.8 Å². The van der Waals surface area contributed by atoms with Crippen molar-refractivity contribution in [2.75, 3.05) is 5.32 Å². The highest BCUT2D eigenvalue weighted by atomic mass is 35.5. The van der Waals surface area contributed by atoms with Crippen LogP contribution in [0, 0.1) is 0 Å². The number of rotatable bonds is 18. The standard InChI is InChI=1S/C27H40Cl3N3O2/c1-2-3-4-5-6-7-8-9-10-11-12-13-14-15-16-17-25(34)31-24-20-26(35)33(32-24)27-22(29)18-21(28)19-23(27)30/h18-20,32H,2-17H2,1H3,(H,31,34). The summed E-state index contributed by atoms with van der Waals surface area (Å²) in [6, 6.07) is 4.32. The number of hydrogen-bond acceptors (Lipinski definition) is 2. The van der Waals surface area contributed by atoms with Crippen LogP contribution in [-0.4, -0.2) is 15.7 Å². The molecule has 0 spiro atoms. The lowest BCUT2D eigenvalue weighted by Gasteiger charge is -2.08. The molecule has 2 aromatic rings. The number of benzene rings is 1. The Balaban J connectivity index is 1.55. The number of nitrogens with zero attached hydrogens (tertiary/aromatic N) is 1. The summed E-state index contributed by atoms with van der Waals surface area (Å²) in [6.45, 7) is 2.26. The number of nitrogens with one attached hydrogen (secondary N) is 2. The van der Waals surface area contributed by atoms with E-state index in [0.29, 0.717) is 22.9 Å². The fraction of sp³-hybridized carbons (Fsp3) is 0.630. The van der Waals surface area contributed by atoms with E-state index in [1.54, 1.807) is 0 Å². The molecule has 1 amide bonds. The highest BCUT2D eigenvalue weighted by Crippen LogP contribution is 2.31. The second-order valence-corrected chi connectivity index (χ2v) is 10.6. The topological polar surface area (TPSA) is 66.9 Å². The third-order valence-electron chi connectivity index (χ3n) is 6.21. The van der Waals surface area contributed by atoms with Crippen LogP contribution in [0.1, 0.15) is 110 Å². The van der Waals surface area contributed by atoms with Crippen molar-refractivity contribution in [1.29, 1.82) is 0 Å². The van der Waals surface area contributed by atoms with Gasteiger partial charge in [0.25, 0.3) is 5.56 Å². The van der Waals surface area contributed by atoms with Gasteiger partial charge in [0, 0.05) is 17.5 Å². The minimum Gasteiger partial charge on any atom is -0.311 e. The Bertz CT molecular complexity index is 932. The zero-order chi connectivity index (χ0) is 25.5. The zero-order valence-corrected chi connectivity index (χ0v) is 23.2. The molecular formula is C27H40Cl3N3O2. The first-order valence-corrected chi connectivity index (χ1v) is 14.3. The quantitative estimate of drug-likeness (QED) is 0.184. The molecule has 35 heavy (non-hydrogen) atoms. The highest BCUT2D eigenvalue weighted by molar-refractivity contribution is 6.40. The fourth-order valence-electron chi connectivity index (χ4n) is 4.24. The first kappa shape index (κ1) is 29.8. The van der Waals surface area contributed by atoms with E-state index in [4.69, 9.17) is 34.8 Å². The Morgan fingerprint density at radius 2 is 1.23 bits per heavy atom. The lowest BCUT2D eigenvalue weighted by atomic mass is 10.0. The summed E-state index contributed by atoms with van der Waals surface area (Å²) in [7, 11) is 0. The van der Waals surface area contributed by atoms with Crippen LogP contribution < -0.4 is 10.9 Å². The molecule has 5 nitrogen and oxygen atoms in total. The number of amides is 1. The monoisotopic (exact) mass is 543 g/mol. The molecule has 2 N–H and O–H groups in total. The van der Waals surface area contributed by atoms with E-state index in [1.165, 1.54) is 99.9 Å². The molecule has 2 rings (SSSR count). The Labute approximate surface area is 224 Å². The highest BCUT2D eigenvalue weighted by Gasteiger charge is 2.15. The third-order valence-corrected chi connectivity index (χ3v) is 7.00. The minimum atomic E-state index is -0.376. The van der Waals surface area contributed by atoms with E-state index in [0.717, 1.165) is 19.3 Å². The molecule has 1 aromatic heterocycles. The van der Waals surface area contributed by atoms with Crippen LogP contribution in [0.5, 0.6) is 0 Å². The van der Waals surface area contributed by atoms with Crippen molar-refractivity contribution in [2.45, 2.75) is 110 Å². The maximum absolute atomic E-state index is 12.3. The van der Waals surface area contributed by atoms with Crippen molar-refractivity contribution in [2.24, 2.45) is 0 Å². The van der Waals surface area contributed by atoms with Crippen molar-refractivity contribution in [3.63, 3.8) is 0 Å². The lowest BCUT2D eigenvalue weighted by molar-refractivity contribution is -0.116. The number of anilines is 1. The van der Waals surface area contributed by atoms with Crippen LogP contribution in [0.4, 0.5) is 5.82 Å². The van der Waals surface area contributed by atoms with Crippen LogP contribution in [0.25, 0.3) is 5.69 Å². The summed E-state index contributed by atoms with van der Waals surface area (Å²) >= 11 is 18.3. The van der Waals surface area contributed by atoms with Gasteiger partial charge in [0.2, 0.25) is 5.91 Å². The average molecular weight is 545 g/mol. The van der Waals surface area contributed by atoms with Crippen molar-refractivity contribution in [3.05, 3.63) is 43.6 Å². The van der Waals surface area contributed by atoms with E-state index in [2.05, 4.69) is 17.3 Å². The van der Waals surface area contributed by atoms with E-state index >= 15 is 0 Å². The molecule has 0 atom stereocenters. The van der Waals surface area contributed by atoms with Crippen molar-refractivity contribution < 1.29 is 4.79 Å². The second-order valence-electron chi connectivity index (χ2n) is 9.31. The molecule has 0 unspecified atom stereocenters. The van der Waals surface area contributed by atoms with E-state index in [1.807, 2.05) is 0 Å². The number of unbranched alkanes of at least 4 members (excludes halogenated alkanes) is 14. The lowest BCUT2D eigenvalue weighted by Crippen LogP contribution is -2.14. The van der Waals surface area contributed by atoms with Gasteiger partial charge in [0.15, 0.2) is 0 Å². The first-order valence-electron chi connectivity index (χ1n) is 13.2. The predicted molar refractivity (Wildman–Crippen MR) is 150 cm³/mol. The molecule has 0 bridgehead atoms. The zero-order valence-electron chi connectivity index (χ0n) is 20.9. The number of aromatic nitrogens is 2. The summed E-state index contributed by atoms with van der Waals surface area (Å²) in [6.07, 6.45) is 19.7. The van der Waals surface area contributed by atoms with Gasteiger partial charge in [-0.1, -0.05) is 132 Å². The van der Waals surface area contributed by atoms with Crippen molar-refractivity contribution in [1.82, 2.24) is 9.78 Å². The van der Waals surface area contributed by atoms with Gasteiger partial charge >= 0.3 is 0 Å². The second kappa shape index (κ2) is 17.1. The summed E-state index contributed by atoms with van der Waals surface area (Å²) in [5.41, 5.74) is -0.0796. The normalized spacial score (nSPS) is 11.2. The van der Waals surface area contributed by atoms with Gasteiger partial charge < -0.3 is 5.32 Å². The van der Waals surface area contributed by atoms with Gasteiger partial charge in [0.05, 0.1) is 10.0 Å². The Kier molecular flexibility index (Phi) is 14.6. The molecule has 0 radical (unpaired) electrons. The fourth-order valence-corrected chi connectivity index (χ4v) is 5.23. The Morgan fingerprint density at radius 1 is 0.771 bits per heavy atom. The van der Waals surface area contributed by atoms with Crippen LogP contribution in [0.15, 0.2) is 23.0 Å². The molecule has 196 valence electrons. The van der Waals surface area contributed by atoms with Crippen molar-refractivity contribution in [3.8, 4) is 5.69 Å². The largest absolute Gasteiger partial charge is 0.311 e. The minimum absolute atomic E-state index is 0.124. The molecule has 8 heteroatoms. The van der Waals surface area contributed by atoms with E-state index in [-0.39, 0.29) is 21.5 Å². The van der Waals surface area contributed by atoms with Crippen LogP contribution in [-0.2, 0) is 4.79 Å². The van der Waals surface area contributed by atoms with Crippen LogP contribution in [0.3, 0.4) is 0 Å². The van der Waals surface area contributed by atoms with Crippen molar-refractivity contribution >= 4 is 46.5 Å². The van der Waals surface area contributed by atoms with Gasteiger partial charge in [-0.3, -0.25) is 14.7 Å². The molecule has 0 fully saturated rings. The van der Waals surface area contributed by atoms with Gasteiger partial charge in [-0.05, 0) is 18.6 Å². The Hall–Kier alpha value is -1.43. The van der Waals surface area contributed by atoms with Gasteiger partial charge in [0.1, 0.15) is 11.5 Å². The number of carbonyl (C=O) groups excluding carboxylic acids is 1. The average Bonchev–Trinajstić information content (AvgIpc) is 3.15. The summed E-state index contributed by atoms with van der Waals surface area (Å²) < 4.78 is 1.20. The summed E-state index contributed by atoms with van der Waals surface area (Å²) in [4.78, 5) is 24.6. The van der Waals surface area contributed by atoms with Gasteiger partial charge in [-0.15, -0.1) is 0 Å². The molecule has 1 aromatic carbocycles. The molecule has 1 heterocycles. The Morgan fingerprint density at radius 3 is 1.71 bits per heavy atom. The van der Waals surface area contributed by atoms with E-state index in [9.17, 15) is 9.59 Å². The number of halogens is 3. The predicted octanol–water partition coefficient (Wildman–Crippen LogP) is 9.33. The summed E-state index contributed by atoms with van der Waals surface area (Å²) in [5.74, 6) is 0.185. The van der Waals surface area contributed by atoms with E-state index < -0.39 is 0 Å². The summed E-state index contributed by atoms with van der Waals surface area (Å²) in [5, 5.41) is 6.44. The van der Waals surface area contributed by atoms with Crippen LogP contribution in [0.2, 0.25) is 15.1 Å². The molecule has 0 aliphatic heterocycles. The third kappa shape index (κ3) is 11.4. The number of hydrogen-bond donors (Lipinski definition) is 2. The number of H-pyrrole nitrogens is 1. The smallest absolute Gasteiger partial charge is 0.273 e. The molecule has 0 aliphatic carbocycles. The molecule has 0 saturated carbocycles. The number of carbonyl (C=O) groups is 1. The first-order chi connectivity index (χ1) is 16.9. The van der Waals surface area contributed by atoms with Gasteiger partial charge in [-0.2, -0.15) is 0 Å². The maximum Gasteiger partial charge on any atom is 0.273 e. The van der Waals surface area contributed by atoms with Gasteiger partial charge in [-0.25, -0.2) is 4.68 Å². The SMILES string of the molecule is CCCCCCCCCCCCCCCCCC(=O)Nc1cc(=O)n(-c2c(Cl)cc(Cl)cc2Cl)[nH]1.